The van der Waals surface area contributed by atoms with Crippen LogP contribution in [0.25, 0.3) is 0 Å². The molecule has 0 radical (unpaired) electrons. The maximum absolute atomic E-state index is 4.13. The molecule has 0 spiro atoms. The summed E-state index contributed by atoms with van der Waals surface area (Å²) in [6.45, 7) is 2.23. The highest BCUT2D eigenvalue weighted by Gasteiger charge is 2.23. The number of thioether (sulfide) groups is 1. The van der Waals surface area contributed by atoms with Crippen molar-refractivity contribution in [2.75, 3.05) is 5.75 Å². The molecule has 2 rings (SSSR count). The average Bonchev–Trinajstić information content (AvgIpc) is 2.67. The fraction of sp³-hybridized carbons (Fsp3) is 0.500. The standard InChI is InChI=1S/C10H14N2S/c1-2-9-7-13-10(12-9)8-4-3-5-11-6-8/h3-6,9-10,12H,2,7H2,1H3. The van der Waals surface area contributed by atoms with Gasteiger partial charge in [0.05, 0.1) is 5.37 Å². The first-order valence-corrected chi connectivity index (χ1v) is 5.72. The van der Waals surface area contributed by atoms with Gasteiger partial charge in [-0.3, -0.25) is 10.3 Å². The van der Waals surface area contributed by atoms with E-state index in [0.717, 1.165) is 0 Å². The van der Waals surface area contributed by atoms with Gasteiger partial charge in [-0.05, 0) is 18.1 Å². The molecule has 2 heterocycles. The first-order chi connectivity index (χ1) is 6.40. The van der Waals surface area contributed by atoms with Crippen LogP contribution in [0.5, 0.6) is 0 Å². The van der Waals surface area contributed by atoms with Gasteiger partial charge < -0.3 is 0 Å². The molecule has 13 heavy (non-hydrogen) atoms. The zero-order valence-corrected chi connectivity index (χ0v) is 8.55. The largest absolute Gasteiger partial charge is 0.298 e. The van der Waals surface area contributed by atoms with Gasteiger partial charge >= 0.3 is 0 Å². The van der Waals surface area contributed by atoms with Crippen LogP contribution >= 0.6 is 11.8 Å². The van der Waals surface area contributed by atoms with Gasteiger partial charge in [0.25, 0.3) is 0 Å². The Morgan fingerprint density at radius 3 is 3.23 bits per heavy atom. The quantitative estimate of drug-likeness (QED) is 0.781. The first-order valence-electron chi connectivity index (χ1n) is 4.67. The fourth-order valence-electron chi connectivity index (χ4n) is 1.48. The number of nitrogens with one attached hydrogen (secondary N) is 1. The summed E-state index contributed by atoms with van der Waals surface area (Å²) >= 11 is 1.98. The van der Waals surface area contributed by atoms with Crippen LogP contribution in [-0.2, 0) is 0 Å². The normalized spacial score (nSPS) is 27.8. The molecule has 2 atom stereocenters. The Hall–Kier alpha value is -0.540. The molecule has 0 aromatic carbocycles. The van der Waals surface area contributed by atoms with Crippen LogP contribution < -0.4 is 5.32 Å². The van der Waals surface area contributed by atoms with Crippen LogP contribution in [0.1, 0.15) is 24.3 Å². The monoisotopic (exact) mass is 194 g/mol. The fourth-order valence-corrected chi connectivity index (χ4v) is 2.86. The zero-order valence-electron chi connectivity index (χ0n) is 7.73. The first kappa shape index (κ1) is 9.03. The summed E-state index contributed by atoms with van der Waals surface area (Å²) in [4.78, 5) is 4.13. The zero-order chi connectivity index (χ0) is 9.10. The van der Waals surface area contributed by atoms with Crippen LogP contribution in [0.15, 0.2) is 24.5 Å². The predicted octanol–water partition coefficient (Wildman–Crippen LogP) is 2.20. The van der Waals surface area contributed by atoms with Gasteiger partial charge in [-0.1, -0.05) is 13.0 Å². The molecule has 1 aliphatic rings. The highest BCUT2D eigenvalue weighted by molar-refractivity contribution is 7.99. The lowest BCUT2D eigenvalue weighted by molar-refractivity contribution is 0.561. The van der Waals surface area contributed by atoms with Gasteiger partial charge in [0.2, 0.25) is 0 Å². The van der Waals surface area contributed by atoms with Crippen LogP contribution in [0.4, 0.5) is 0 Å². The summed E-state index contributed by atoms with van der Waals surface area (Å²) in [5, 5.41) is 4.04. The Labute approximate surface area is 83.1 Å². The second-order valence-electron chi connectivity index (χ2n) is 3.27. The topological polar surface area (TPSA) is 24.9 Å². The van der Waals surface area contributed by atoms with Gasteiger partial charge in [0.15, 0.2) is 0 Å². The van der Waals surface area contributed by atoms with Gasteiger partial charge in [-0.2, -0.15) is 0 Å². The molecular formula is C10H14N2S. The predicted molar refractivity (Wildman–Crippen MR) is 56.7 cm³/mol. The lowest BCUT2D eigenvalue weighted by Crippen LogP contribution is -2.24. The van der Waals surface area contributed by atoms with Gasteiger partial charge in [-0.25, -0.2) is 0 Å². The molecule has 0 bridgehead atoms. The number of pyridine rings is 1. The van der Waals surface area contributed by atoms with Crippen LogP contribution in [0.3, 0.4) is 0 Å². The molecular weight excluding hydrogens is 180 g/mol. The van der Waals surface area contributed by atoms with Crippen LogP contribution in [0, 0.1) is 0 Å². The Kier molecular flexibility index (Phi) is 2.86. The lowest BCUT2D eigenvalue weighted by atomic mass is 10.2. The second-order valence-corrected chi connectivity index (χ2v) is 4.41. The van der Waals surface area contributed by atoms with Crippen molar-refractivity contribution < 1.29 is 0 Å². The molecule has 3 heteroatoms. The molecule has 1 N–H and O–H groups in total. The maximum Gasteiger partial charge on any atom is 0.0807 e. The molecule has 1 saturated heterocycles. The van der Waals surface area contributed by atoms with E-state index in [9.17, 15) is 0 Å². The molecule has 0 aliphatic carbocycles. The third-order valence-electron chi connectivity index (χ3n) is 2.33. The van der Waals surface area contributed by atoms with Crippen molar-refractivity contribution in [2.45, 2.75) is 24.8 Å². The second kappa shape index (κ2) is 4.11. The van der Waals surface area contributed by atoms with Crippen LogP contribution in [0.2, 0.25) is 0 Å². The summed E-state index contributed by atoms with van der Waals surface area (Å²) in [7, 11) is 0. The van der Waals surface area contributed by atoms with Crippen molar-refractivity contribution in [1.29, 1.82) is 0 Å². The highest BCUT2D eigenvalue weighted by Crippen LogP contribution is 2.32. The summed E-state index contributed by atoms with van der Waals surface area (Å²) < 4.78 is 0. The van der Waals surface area contributed by atoms with E-state index in [1.54, 1.807) is 0 Å². The van der Waals surface area contributed by atoms with Gasteiger partial charge in [0.1, 0.15) is 0 Å². The molecule has 0 saturated carbocycles. The molecule has 2 nitrogen and oxygen atoms in total. The number of aromatic nitrogens is 1. The molecule has 1 aliphatic heterocycles. The summed E-state index contributed by atoms with van der Waals surface area (Å²) in [5.74, 6) is 1.22. The number of nitrogens with zero attached hydrogens (tertiary/aromatic N) is 1. The van der Waals surface area contributed by atoms with Crippen molar-refractivity contribution in [3.05, 3.63) is 30.1 Å². The van der Waals surface area contributed by atoms with E-state index in [0.29, 0.717) is 11.4 Å². The summed E-state index contributed by atoms with van der Waals surface area (Å²) in [6.07, 6.45) is 4.98. The Morgan fingerprint density at radius 1 is 1.69 bits per heavy atom. The molecule has 70 valence electrons. The molecule has 1 aromatic rings. The number of rotatable bonds is 2. The Balaban J connectivity index is 2.04. The summed E-state index contributed by atoms with van der Waals surface area (Å²) in [6, 6.07) is 4.81. The van der Waals surface area contributed by atoms with Crippen molar-refractivity contribution in [1.82, 2.24) is 10.3 Å². The SMILES string of the molecule is CCC1CSC(c2cccnc2)N1. The third-order valence-corrected chi connectivity index (χ3v) is 3.67. The van der Waals surface area contributed by atoms with E-state index in [2.05, 4.69) is 23.3 Å². The minimum Gasteiger partial charge on any atom is -0.298 e. The third kappa shape index (κ3) is 2.03. The van der Waals surface area contributed by atoms with Gasteiger partial charge in [0, 0.05) is 24.2 Å². The van der Waals surface area contributed by atoms with Crippen molar-refractivity contribution in [2.24, 2.45) is 0 Å². The minimum atomic E-state index is 0.457. The molecule has 0 amide bonds. The van der Waals surface area contributed by atoms with E-state index in [1.807, 2.05) is 30.2 Å². The highest BCUT2D eigenvalue weighted by atomic mass is 32.2. The smallest absolute Gasteiger partial charge is 0.0807 e. The van der Waals surface area contributed by atoms with E-state index < -0.39 is 0 Å². The van der Waals surface area contributed by atoms with Crippen LogP contribution in [-0.4, -0.2) is 16.8 Å². The number of hydrogen-bond donors (Lipinski definition) is 1. The average molecular weight is 194 g/mol. The van der Waals surface area contributed by atoms with E-state index >= 15 is 0 Å². The maximum atomic E-state index is 4.13. The van der Waals surface area contributed by atoms with E-state index in [4.69, 9.17) is 0 Å². The number of hydrogen-bond acceptors (Lipinski definition) is 3. The Bertz CT molecular complexity index is 263. The summed E-state index contributed by atoms with van der Waals surface area (Å²) in [5.41, 5.74) is 1.29. The molecule has 2 unspecified atom stereocenters. The van der Waals surface area contributed by atoms with Crippen molar-refractivity contribution in [3.8, 4) is 0 Å². The van der Waals surface area contributed by atoms with E-state index in [-0.39, 0.29) is 0 Å². The van der Waals surface area contributed by atoms with E-state index in [1.165, 1.54) is 17.7 Å². The van der Waals surface area contributed by atoms with Gasteiger partial charge in [-0.15, -0.1) is 11.8 Å². The minimum absolute atomic E-state index is 0.457. The van der Waals surface area contributed by atoms with Crippen molar-refractivity contribution >= 4 is 11.8 Å². The Morgan fingerprint density at radius 2 is 2.62 bits per heavy atom. The molecule has 1 fully saturated rings. The van der Waals surface area contributed by atoms with Crippen molar-refractivity contribution in [3.63, 3.8) is 0 Å². The molecule has 1 aromatic heterocycles. The lowest BCUT2D eigenvalue weighted by Gasteiger charge is -2.11.